The zero-order valence-corrected chi connectivity index (χ0v) is 8.06. The molecule has 54 valence electrons. The van der Waals surface area contributed by atoms with Crippen LogP contribution in [-0.4, -0.2) is 4.43 Å². The second-order valence-electron chi connectivity index (χ2n) is 2.98. The number of halogens is 1. The fourth-order valence-corrected chi connectivity index (χ4v) is 1.85. The van der Waals surface area contributed by atoms with Crippen molar-refractivity contribution in [1.82, 2.24) is 0 Å². The smallest absolute Gasteiger partial charge is 0.000473 e. The summed E-state index contributed by atoms with van der Waals surface area (Å²) in [5.74, 6) is 1.13. The van der Waals surface area contributed by atoms with Crippen LogP contribution in [0.1, 0.15) is 38.5 Å². The largest absolute Gasteiger partial charge is 0.0864 e. The lowest BCUT2D eigenvalue weighted by Gasteiger charge is -2.24. The molecule has 0 spiro atoms. The van der Waals surface area contributed by atoms with Crippen LogP contribution in [-0.2, 0) is 0 Å². The van der Waals surface area contributed by atoms with Gasteiger partial charge in [-0.05, 0) is 16.8 Å². The lowest BCUT2D eigenvalue weighted by molar-refractivity contribution is 0.289. The van der Waals surface area contributed by atoms with Crippen molar-refractivity contribution in [3.05, 3.63) is 0 Å². The summed E-state index contributed by atoms with van der Waals surface area (Å²) in [5.41, 5.74) is 0. The Bertz CT molecular complexity index is 67.0. The zero-order chi connectivity index (χ0) is 6.53. The molecule has 0 aliphatic heterocycles. The van der Waals surface area contributed by atoms with E-state index in [1.165, 1.54) is 43.0 Å². The summed E-state index contributed by atoms with van der Waals surface area (Å²) in [4.78, 5) is 0. The molecule has 1 heteroatoms. The Kier molecular flexibility index (Phi) is 3.94. The lowest BCUT2D eigenvalue weighted by Crippen LogP contribution is -2.10. The Morgan fingerprint density at radius 1 is 1.22 bits per heavy atom. The molecule has 9 heavy (non-hydrogen) atoms. The van der Waals surface area contributed by atoms with Crippen molar-refractivity contribution in [2.45, 2.75) is 38.5 Å². The minimum Gasteiger partial charge on any atom is -0.0864 e. The maximum Gasteiger partial charge on any atom is -0.000473 e. The fourth-order valence-electron chi connectivity index (χ4n) is 1.31. The molecule has 0 nitrogen and oxygen atoms in total. The molecule has 1 aliphatic rings. The predicted octanol–water partition coefficient (Wildman–Crippen LogP) is 3.39. The van der Waals surface area contributed by atoms with Crippen LogP contribution in [0.4, 0.5) is 0 Å². The van der Waals surface area contributed by atoms with E-state index in [1.54, 1.807) is 0 Å². The summed E-state index contributed by atoms with van der Waals surface area (Å²) in [6.45, 7) is 0. The fraction of sp³-hybridized carbons (Fsp3) is 1.00. The quantitative estimate of drug-likeness (QED) is 0.400. The first-order chi connectivity index (χ1) is 4.43. The monoisotopic (exact) mass is 238 g/mol. The highest BCUT2D eigenvalue weighted by atomic mass is 127. The molecule has 0 aromatic heterocycles. The Hall–Kier alpha value is 0.730. The number of rotatable bonds is 4. The third-order valence-corrected chi connectivity index (χ3v) is 2.98. The average molecular weight is 238 g/mol. The maximum absolute atomic E-state index is 2.46. The van der Waals surface area contributed by atoms with Crippen LogP contribution in [0, 0.1) is 5.92 Å². The van der Waals surface area contributed by atoms with E-state index in [1.807, 2.05) is 0 Å². The highest BCUT2D eigenvalue weighted by Gasteiger charge is 2.15. The average Bonchev–Trinajstić information content (AvgIpc) is 1.76. The van der Waals surface area contributed by atoms with Gasteiger partial charge in [-0.15, -0.1) is 0 Å². The Labute approximate surface area is 71.5 Å². The van der Waals surface area contributed by atoms with E-state index in [2.05, 4.69) is 22.6 Å². The van der Waals surface area contributed by atoms with Crippen molar-refractivity contribution in [3.63, 3.8) is 0 Å². The number of hydrogen-bond acceptors (Lipinski definition) is 0. The van der Waals surface area contributed by atoms with Crippen LogP contribution < -0.4 is 0 Å². The molecule has 1 fully saturated rings. The summed E-state index contributed by atoms with van der Waals surface area (Å²) in [5, 5.41) is 0. The van der Waals surface area contributed by atoms with Gasteiger partial charge in [0.25, 0.3) is 0 Å². The standard InChI is InChI=1S/C8H15I/c9-7-2-1-4-8-5-3-6-8/h8H,1-7H2. The molecule has 0 aromatic rings. The molecule has 0 amide bonds. The first kappa shape index (κ1) is 7.83. The van der Waals surface area contributed by atoms with Gasteiger partial charge in [0.1, 0.15) is 0 Å². The van der Waals surface area contributed by atoms with Crippen LogP contribution in [0.3, 0.4) is 0 Å². The van der Waals surface area contributed by atoms with Crippen molar-refractivity contribution in [3.8, 4) is 0 Å². The van der Waals surface area contributed by atoms with Crippen LogP contribution in [0.15, 0.2) is 0 Å². The lowest BCUT2D eigenvalue weighted by atomic mass is 9.82. The van der Waals surface area contributed by atoms with Crippen LogP contribution >= 0.6 is 22.6 Å². The normalized spacial score (nSPS) is 19.7. The van der Waals surface area contributed by atoms with E-state index in [4.69, 9.17) is 0 Å². The Morgan fingerprint density at radius 2 is 2.00 bits per heavy atom. The van der Waals surface area contributed by atoms with Gasteiger partial charge in [-0.1, -0.05) is 54.7 Å². The first-order valence-electron chi connectivity index (χ1n) is 3.99. The summed E-state index contributed by atoms with van der Waals surface area (Å²) >= 11 is 2.46. The minimum atomic E-state index is 1.13. The summed E-state index contributed by atoms with van der Waals surface area (Å²) in [6.07, 6.45) is 9.01. The summed E-state index contributed by atoms with van der Waals surface area (Å²) < 4.78 is 1.35. The minimum absolute atomic E-state index is 1.13. The first-order valence-corrected chi connectivity index (χ1v) is 5.52. The summed E-state index contributed by atoms with van der Waals surface area (Å²) in [6, 6.07) is 0. The van der Waals surface area contributed by atoms with Gasteiger partial charge in [-0.3, -0.25) is 0 Å². The summed E-state index contributed by atoms with van der Waals surface area (Å²) in [7, 11) is 0. The van der Waals surface area contributed by atoms with E-state index < -0.39 is 0 Å². The van der Waals surface area contributed by atoms with Crippen LogP contribution in [0.5, 0.6) is 0 Å². The van der Waals surface area contributed by atoms with Crippen molar-refractivity contribution in [2.24, 2.45) is 5.92 Å². The van der Waals surface area contributed by atoms with Gasteiger partial charge in [-0.2, -0.15) is 0 Å². The molecule has 0 atom stereocenters. The van der Waals surface area contributed by atoms with Crippen molar-refractivity contribution >= 4 is 22.6 Å². The molecule has 1 rings (SSSR count). The van der Waals surface area contributed by atoms with Crippen molar-refractivity contribution in [1.29, 1.82) is 0 Å². The molecule has 1 saturated carbocycles. The number of unbranched alkanes of at least 4 members (excludes halogenated alkanes) is 1. The topological polar surface area (TPSA) is 0 Å². The van der Waals surface area contributed by atoms with E-state index in [9.17, 15) is 0 Å². The zero-order valence-electron chi connectivity index (χ0n) is 5.91. The Morgan fingerprint density at radius 3 is 2.44 bits per heavy atom. The van der Waals surface area contributed by atoms with E-state index >= 15 is 0 Å². The molecule has 0 aromatic carbocycles. The maximum atomic E-state index is 2.46. The second-order valence-corrected chi connectivity index (χ2v) is 4.06. The van der Waals surface area contributed by atoms with Crippen molar-refractivity contribution in [2.75, 3.05) is 4.43 Å². The third kappa shape index (κ3) is 2.87. The van der Waals surface area contributed by atoms with E-state index in [0.29, 0.717) is 0 Å². The molecular weight excluding hydrogens is 223 g/mol. The van der Waals surface area contributed by atoms with Gasteiger partial charge in [0.15, 0.2) is 0 Å². The molecule has 0 N–H and O–H groups in total. The molecule has 1 aliphatic carbocycles. The van der Waals surface area contributed by atoms with E-state index in [-0.39, 0.29) is 0 Å². The van der Waals surface area contributed by atoms with Gasteiger partial charge in [0, 0.05) is 0 Å². The number of hydrogen-bond donors (Lipinski definition) is 0. The second kappa shape index (κ2) is 4.53. The Balaban J connectivity index is 1.80. The van der Waals surface area contributed by atoms with Crippen LogP contribution in [0.2, 0.25) is 0 Å². The molecule has 0 radical (unpaired) electrons. The van der Waals surface area contributed by atoms with Gasteiger partial charge in [0.05, 0.1) is 0 Å². The predicted molar refractivity (Wildman–Crippen MR) is 50.1 cm³/mol. The SMILES string of the molecule is ICCCCC1CCC1. The van der Waals surface area contributed by atoms with Crippen molar-refractivity contribution < 1.29 is 0 Å². The molecule has 0 unspecified atom stereocenters. The van der Waals surface area contributed by atoms with Gasteiger partial charge >= 0.3 is 0 Å². The third-order valence-electron chi connectivity index (χ3n) is 2.22. The highest BCUT2D eigenvalue weighted by molar-refractivity contribution is 14.1. The highest BCUT2D eigenvalue weighted by Crippen LogP contribution is 2.30. The molecule has 0 heterocycles. The van der Waals surface area contributed by atoms with Gasteiger partial charge in [0.2, 0.25) is 0 Å². The molecule has 0 bridgehead atoms. The van der Waals surface area contributed by atoms with Crippen LogP contribution in [0.25, 0.3) is 0 Å². The number of alkyl halides is 1. The molecular formula is C8H15I. The van der Waals surface area contributed by atoms with Gasteiger partial charge < -0.3 is 0 Å². The van der Waals surface area contributed by atoms with Gasteiger partial charge in [-0.25, -0.2) is 0 Å². The van der Waals surface area contributed by atoms with E-state index in [0.717, 1.165) is 5.92 Å². The molecule has 0 saturated heterocycles.